The van der Waals surface area contributed by atoms with Gasteiger partial charge in [-0.25, -0.2) is 0 Å². The molecule has 3 nitrogen and oxygen atoms in total. The summed E-state index contributed by atoms with van der Waals surface area (Å²) in [6, 6.07) is 9.38. The van der Waals surface area contributed by atoms with E-state index in [9.17, 15) is 5.11 Å². The lowest BCUT2D eigenvalue weighted by molar-refractivity contribution is -0.155. The fourth-order valence-corrected chi connectivity index (χ4v) is 10.1. The van der Waals surface area contributed by atoms with Crippen LogP contribution < -0.4 is 0 Å². The van der Waals surface area contributed by atoms with Gasteiger partial charge < -0.3 is 14.9 Å². The molecule has 5 rings (SSSR count). The van der Waals surface area contributed by atoms with Gasteiger partial charge in [-0.05, 0) is 144 Å². The Morgan fingerprint density at radius 3 is 2.31 bits per heavy atom. The highest BCUT2D eigenvalue weighted by atomic mass is 16.3. The first-order valence-electron chi connectivity index (χ1n) is 14.6. The van der Waals surface area contributed by atoms with Crippen LogP contribution in [0.5, 0.6) is 0 Å². The van der Waals surface area contributed by atoms with Crippen LogP contribution in [0.15, 0.2) is 24.3 Å². The van der Waals surface area contributed by atoms with E-state index in [0.717, 1.165) is 43.1 Å². The van der Waals surface area contributed by atoms with Crippen LogP contribution in [0.1, 0.15) is 89.7 Å². The largest absolute Gasteiger partial charge is 0.385 e. The molecule has 0 heterocycles. The van der Waals surface area contributed by atoms with Crippen LogP contribution in [0.3, 0.4) is 0 Å². The third kappa shape index (κ3) is 4.12. The van der Waals surface area contributed by atoms with Crippen molar-refractivity contribution in [1.29, 1.82) is 0 Å². The van der Waals surface area contributed by atoms with Gasteiger partial charge in [-0.3, -0.25) is 0 Å². The second-order valence-corrected chi connectivity index (χ2v) is 14.2. The SMILES string of the molecule is C[C@@H]([C@H]1CC[C@H]2[C@@H]3CC[C@H]4C[C@@](O)(c5ccccc5CN(C)C)CC[C@]4(C)[C@H]3CCC12C)N(C)C. The van der Waals surface area contributed by atoms with Gasteiger partial charge in [-0.1, -0.05) is 38.1 Å². The summed E-state index contributed by atoms with van der Waals surface area (Å²) >= 11 is 0. The Labute approximate surface area is 215 Å². The molecule has 0 amide bonds. The Bertz CT molecular complexity index is 913. The second kappa shape index (κ2) is 9.14. The van der Waals surface area contributed by atoms with Crippen molar-refractivity contribution in [3.63, 3.8) is 0 Å². The quantitative estimate of drug-likeness (QED) is 0.518. The normalized spacial score (nSPS) is 44.1. The maximum absolute atomic E-state index is 12.1. The molecular formula is C32H52N2O. The van der Waals surface area contributed by atoms with E-state index in [1.165, 1.54) is 56.1 Å². The summed E-state index contributed by atoms with van der Waals surface area (Å²) in [7, 11) is 8.81. The number of hydrogen-bond acceptors (Lipinski definition) is 3. The van der Waals surface area contributed by atoms with Crippen LogP contribution in [-0.4, -0.2) is 49.1 Å². The summed E-state index contributed by atoms with van der Waals surface area (Å²) in [5, 5.41) is 12.1. The minimum atomic E-state index is -0.660. The maximum Gasteiger partial charge on any atom is 0.0902 e. The minimum absolute atomic E-state index is 0.401. The molecule has 0 saturated heterocycles. The van der Waals surface area contributed by atoms with Crippen LogP contribution in [0.2, 0.25) is 0 Å². The van der Waals surface area contributed by atoms with Gasteiger partial charge in [0, 0.05) is 12.6 Å². The van der Waals surface area contributed by atoms with E-state index in [-0.39, 0.29) is 0 Å². The van der Waals surface area contributed by atoms with E-state index in [4.69, 9.17) is 0 Å². The molecule has 0 radical (unpaired) electrons. The lowest BCUT2D eigenvalue weighted by atomic mass is 9.43. The van der Waals surface area contributed by atoms with Crippen molar-refractivity contribution in [2.75, 3.05) is 28.2 Å². The van der Waals surface area contributed by atoms with Crippen LogP contribution in [-0.2, 0) is 12.1 Å². The molecular weight excluding hydrogens is 428 g/mol. The number of fused-ring (bicyclic) bond motifs is 5. The molecule has 1 N–H and O–H groups in total. The summed E-state index contributed by atoms with van der Waals surface area (Å²) < 4.78 is 0. The zero-order valence-electron chi connectivity index (χ0n) is 23.7. The van der Waals surface area contributed by atoms with Crippen LogP contribution in [0, 0.1) is 40.4 Å². The van der Waals surface area contributed by atoms with Gasteiger partial charge in [0.2, 0.25) is 0 Å². The average molecular weight is 481 g/mol. The molecule has 9 atom stereocenters. The molecule has 3 heteroatoms. The highest BCUT2D eigenvalue weighted by molar-refractivity contribution is 5.33. The van der Waals surface area contributed by atoms with Gasteiger partial charge in [0.05, 0.1) is 5.60 Å². The zero-order valence-corrected chi connectivity index (χ0v) is 23.7. The molecule has 1 aromatic carbocycles. The van der Waals surface area contributed by atoms with Gasteiger partial charge in [0.25, 0.3) is 0 Å². The van der Waals surface area contributed by atoms with Crippen LogP contribution in [0.25, 0.3) is 0 Å². The molecule has 0 aliphatic heterocycles. The highest BCUT2D eigenvalue weighted by Gasteiger charge is 2.62. The summed E-state index contributed by atoms with van der Waals surface area (Å²) in [5.41, 5.74) is 2.77. The lowest BCUT2D eigenvalue weighted by Crippen LogP contribution is -2.56. The Kier molecular flexibility index (Phi) is 6.72. The molecule has 0 bridgehead atoms. The topological polar surface area (TPSA) is 26.7 Å². The molecule has 4 aliphatic rings. The van der Waals surface area contributed by atoms with Gasteiger partial charge in [-0.15, -0.1) is 0 Å². The van der Waals surface area contributed by atoms with Crippen molar-refractivity contribution in [2.45, 2.75) is 96.7 Å². The van der Waals surface area contributed by atoms with Crippen LogP contribution in [0.4, 0.5) is 0 Å². The fraction of sp³-hybridized carbons (Fsp3) is 0.812. The standard InChI is InChI=1S/C32H52N2O/c1-22(34(6)7)26-14-15-28-25-13-12-24-20-32(35,27-11-9-8-10-23(27)21-33(4)5)19-18-30(24,2)29(25)16-17-31(26,28)3/h8-11,22,24-26,28-29,35H,12-21H2,1-7H3/t22-,24-,25-,26+,28-,29-,30-,31?,32+/m0/s1. The number of hydrogen-bond donors (Lipinski definition) is 1. The van der Waals surface area contributed by atoms with Crippen molar-refractivity contribution in [3.05, 3.63) is 35.4 Å². The summed E-state index contributed by atoms with van der Waals surface area (Å²) in [6.07, 6.45) is 11.5. The third-order valence-corrected chi connectivity index (χ3v) is 12.2. The van der Waals surface area contributed by atoms with Gasteiger partial charge >= 0.3 is 0 Å². The van der Waals surface area contributed by atoms with Crippen LogP contribution >= 0.6 is 0 Å². The molecule has 4 aliphatic carbocycles. The van der Waals surface area contributed by atoms with Crippen molar-refractivity contribution in [3.8, 4) is 0 Å². The first-order valence-corrected chi connectivity index (χ1v) is 14.6. The second-order valence-electron chi connectivity index (χ2n) is 14.2. The number of rotatable bonds is 5. The van der Waals surface area contributed by atoms with E-state index in [1.807, 2.05) is 0 Å². The Hall–Kier alpha value is -0.900. The first-order chi connectivity index (χ1) is 16.5. The van der Waals surface area contributed by atoms with Crippen molar-refractivity contribution >= 4 is 0 Å². The monoisotopic (exact) mass is 480 g/mol. The molecule has 4 fully saturated rings. The van der Waals surface area contributed by atoms with E-state index >= 15 is 0 Å². The first kappa shape index (κ1) is 25.7. The lowest BCUT2D eigenvalue weighted by Gasteiger charge is -2.62. The fourth-order valence-electron chi connectivity index (χ4n) is 10.1. The van der Waals surface area contributed by atoms with E-state index < -0.39 is 5.60 Å². The third-order valence-electron chi connectivity index (χ3n) is 12.2. The molecule has 1 aromatic rings. The minimum Gasteiger partial charge on any atom is -0.385 e. The Morgan fingerprint density at radius 1 is 0.886 bits per heavy atom. The van der Waals surface area contributed by atoms with E-state index in [2.05, 4.69) is 83.0 Å². The number of nitrogens with zero attached hydrogens (tertiary/aromatic N) is 2. The predicted molar refractivity (Wildman–Crippen MR) is 146 cm³/mol. The summed E-state index contributed by atoms with van der Waals surface area (Å²) in [4.78, 5) is 4.70. The number of aliphatic hydroxyl groups is 1. The van der Waals surface area contributed by atoms with Crippen molar-refractivity contribution < 1.29 is 5.11 Å². The van der Waals surface area contributed by atoms with Crippen molar-refractivity contribution in [1.82, 2.24) is 9.80 Å². The van der Waals surface area contributed by atoms with E-state index in [1.54, 1.807) is 0 Å². The van der Waals surface area contributed by atoms with Gasteiger partial charge in [-0.2, -0.15) is 0 Å². The molecule has 4 saturated carbocycles. The van der Waals surface area contributed by atoms with E-state index in [0.29, 0.717) is 22.8 Å². The zero-order chi connectivity index (χ0) is 25.2. The molecule has 1 unspecified atom stereocenters. The van der Waals surface area contributed by atoms with Gasteiger partial charge in [0.1, 0.15) is 0 Å². The molecule has 35 heavy (non-hydrogen) atoms. The van der Waals surface area contributed by atoms with Gasteiger partial charge in [0.15, 0.2) is 0 Å². The predicted octanol–water partition coefficient (Wildman–Crippen LogP) is 6.54. The summed E-state index contributed by atoms with van der Waals surface area (Å²) in [5.74, 6) is 4.17. The smallest absolute Gasteiger partial charge is 0.0902 e. The maximum atomic E-state index is 12.1. The Morgan fingerprint density at radius 2 is 1.60 bits per heavy atom. The Balaban J connectivity index is 1.37. The molecule has 0 aromatic heterocycles. The molecule has 0 spiro atoms. The number of benzene rings is 1. The summed E-state index contributed by atoms with van der Waals surface area (Å²) in [6.45, 7) is 8.68. The average Bonchev–Trinajstić information content (AvgIpc) is 3.16. The molecule has 196 valence electrons. The highest BCUT2D eigenvalue weighted by Crippen LogP contribution is 2.69. The van der Waals surface area contributed by atoms with Crippen molar-refractivity contribution in [2.24, 2.45) is 40.4 Å².